The van der Waals surface area contributed by atoms with Crippen LogP contribution in [-0.2, 0) is 14.1 Å². The molecule has 1 heterocycles. The minimum Gasteiger partial charge on any atom is -0.459 e. The summed E-state index contributed by atoms with van der Waals surface area (Å²) in [6.45, 7) is 0.412. The van der Waals surface area contributed by atoms with Crippen molar-refractivity contribution in [3.8, 4) is 0 Å². The number of rotatable bonds is 6. The maximum atomic E-state index is 15.1. The number of esters is 1. The first-order valence-electron chi connectivity index (χ1n) is 12.1. The number of nitrogens with zero attached hydrogens (tertiary/aromatic N) is 1. The van der Waals surface area contributed by atoms with Crippen molar-refractivity contribution in [3.63, 3.8) is 0 Å². The number of hydrogen-bond donors (Lipinski definition) is 0. The van der Waals surface area contributed by atoms with E-state index in [1.165, 1.54) is 6.42 Å². The first-order chi connectivity index (χ1) is 16.7. The monoisotopic (exact) mass is 471 g/mol. The molecule has 0 bridgehead atoms. The topological polar surface area (TPSA) is 46.6 Å². The Kier molecular flexibility index (Phi) is 6.80. The van der Waals surface area contributed by atoms with Crippen LogP contribution in [0, 0.1) is 0 Å². The SMILES string of the molecule is O=C(OC1CCCCC1)C1=CCN(P(=O)(c2ccccc2)c2ccccc2)[C@H]1c1ccccc1. The van der Waals surface area contributed by atoms with Gasteiger partial charge in [-0.05, 0) is 55.5 Å². The highest BCUT2D eigenvalue weighted by atomic mass is 31.2. The van der Waals surface area contributed by atoms with Gasteiger partial charge in [-0.15, -0.1) is 0 Å². The summed E-state index contributed by atoms with van der Waals surface area (Å²) < 4.78 is 23.1. The molecule has 0 radical (unpaired) electrons. The number of hydrogen-bond acceptors (Lipinski definition) is 3. The van der Waals surface area contributed by atoms with Crippen LogP contribution in [0.1, 0.15) is 43.7 Å². The molecule has 1 saturated carbocycles. The van der Waals surface area contributed by atoms with Crippen molar-refractivity contribution >= 4 is 23.9 Å². The lowest BCUT2D eigenvalue weighted by molar-refractivity contribution is -0.146. The van der Waals surface area contributed by atoms with Gasteiger partial charge in [-0.2, -0.15) is 0 Å². The molecule has 1 atom stereocenters. The zero-order chi connectivity index (χ0) is 23.4. The molecule has 0 saturated heterocycles. The third-order valence-electron chi connectivity index (χ3n) is 6.84. The predicted octanol–water partition coefficient (Wildman–Crippen LogP) is 5.77. The van der Waals surface area contributed by atoms with Crippen molar-refractivity contribution in [2.75, 3.05) is 6.54 Å². The lowest BCUT2D eigenvalue weighted by Crippen LogP contribution is -2.34. The molecule has 3 aromatic carbocycles. The Labute approximate surface area is 201 Å². The molecule has 0 N–H and O–H groups in total. The second kappa shape index (κ2) is 10.1. The van der Waals surface area contributed by atoms with Crippen LogP contribution in [0.15, 0.2) is 103 Å². The molecule has 5 rings (SSSR count). The molecule has 1 aliphatic heterocycles. The van der Waals surface area contributed by atoms with E-state index in [2.05, 4.69) is 0 Å². The van der Waals surface area contributed by atoms with Gasteiger partial charge < -0.3 is 4.74 Å². The molecule has 0 aromatic heterocycles. The molecule has 0 unspecified atom stereocenters. The van der Waals surface area contributed by atoms with Crippen molar-refractivity contribution < 1.29 is 14.1 Å². The minimum absolute atomic E-state index is 0.0253. The van der Waals surface area contributed by atoms with Crippen LogP contribution in [0.4, 0.5) is 0 Å². The van der Waals surface area contributed by atoms with Gasteiger partial charge in [-0.3, -0.25) is 4.57 Å². The van der Waals surface area contributed by atoms with Crippen molar-refractivity contribution in [3.05, 3.63) is 108 Å². The first-order valence-corrected chi connectivity index (χ1v) is 13.8. The quantitative estimate of drug-likeness (QED) is 0.338. The van der Waals surface area contributed by atoms with Gasteiger partial charge in [0.2, 0.25) is 7.29 Å². The van der Waals surface area contributed by atoms with E-state index in [0.29, 0.717) is 12.1 Å². The highest BCUT2D eigenvalue weighted by Crippen LogP contribution is 2.55. The van der Waals surface area contributed by atoms with Crippen molar-refractivity contribution in [2.24, 2.45) is 0 Å². The van der Waals surface area contributed by atoms with Crippen LogP contribution in [0.25, 0.3) is 0 Å². The van der Waals surface area contributed by atoms with E-state index in [1.54, 1.807) is 0 Å². The maximum Gasteiger partial charge on any atom is 0.335 e. The molecular formula is C29H30NO3P. The van der Waals surface area contributed by atoms with Gasteiger partial charge in [0.15, 0.2) is 0 Å². The summed E-state index contributed by atoms with van der Waals surface area (Å²) in [5.41, 5.74) is 1.53. The van der Waals surface area contributed by atoms with E-state index < -0.39 is 13.3 Å². The fourth-order valence-electron chi connectivity index (χ4n) is 5.14. The predicted molar refractivity (Wildman–Crippen MR) is 137 cm³/mol. The summed E-state index contributed by atoms with van der Waals surface area (Å²) in [4.78, 5) is 13.4. The van der Waals surface area contributed by atoms with Gasteiger partial charge in [0.05, 0.1) is 11.6 Å². The Morgan fingerprint density at radius 2 is 1.29 bits per heavy atom. The number of carbonyl (C=O) groups excluding carboxylic acids is 1. The highest BCUT2D eigenvalue weighted by molar-refractivity contribution is 7.76. The van der Waals surface area contributed by atoms with Gasteiger partial charge in [-0.25, -0.2) is 9.46 Å². The summed E-state index contributed by atoms with van der Waals surface area (Å²) >= 11 is 0. The molecular weight excluding hydrogens is 441 g/mol. The summed E-state index contributed by atoms with van der Waals surface area (Å²) in [7, 11) is -3.24. The van der Waals surface area contributed by atoms with E-state index in [-0.39, 0.29) is 12.1 Å². The Bertz CT molecular complexity index is 1140. The van der Waals surface area contributed by atoms with Crippen molar-refractivity contribution in [2.45, 2.75) is 44.2 Å². The van der Waals surface area contributed by atoms with Gasteiger partial charge >= 0.3 is 5.97 Å². The largest absolute Gasteiger partial charge is 0.459 e. The standard InChI is InChI=1S/C29H30NO3P/c31-29(33-24-15-7-2-8-16-24)27-21-22-30(28(27)23-13-5-1-6-14-23)34(32,25-17-9-3-10-18-25)26-19-11-4-12-20-26/h1,3-6,9-14,17-21,24,28H,2,7-8,15-16,22H2/t28-/m0/s1. The fourth-order valence-corrected chi connectivity index (χ4v) is 8.08. The van der Waals surface area contributed by atoms with E-state index in [1.807, 2.05) is 102 Å². The fraction of sp³-hybridized carbons (Fsp3) is 0.276. The average Bonchev–Trinajstić information content (AvgIpc) is 3.36. The molecule has 174 valence electrons. The summed E-state index contributed by atoms with van der Waals surface area (Å²) in [6.07, 6.45) is 7.14. The third kappa shape index (κ3) is 4.41. The second-order valence-electron chi connectivity index (χ2n) is 9.01. The van der Waals surface area contributed by atoms with E-state index >= 15 is 4.57 Å². The van der Waals surface area contributed by atoms with Crippen molar-refractivity contribution in [1.82, 2.24) is 4.67 Å². The summed E-state index contributed by atoms with van der Waals surface area (Å²) in [5, 5.41) is 1.52. The Hall–Kier alpha value is -2.94. The Morgan fingerprint density at radius 1 is 0.765 bits per heavy atom. The van der Waals surface area contributed by atoms with Gasteiger partial charge in [0.1, 0.15) is 6.10 Å². The normalized spacial score (nSPS) is 19.5. The zero-order valence-electron chi connectivity index (χ0n) is 19.3. The van der Waals surface area contributed by atoms with Gasteiger partial charge in [0.25, 0.3) is 0 Å². The molecule has 34 heavy (non-hydrogen) atoms. The zero-order valence-corrected chi connectivity index (χ0v) is 20.1. The maximum absolute atomic E-state index is 15.1. The van der Waals surface area contributed by atoms with Crippen LogP contribution in [0.3, 0.4) is 0 Å². The molecule has 4 nitrogen and oxygen atoms in total. The van der Waals surface area contributed by atoms with Crippen molar-refractivity contribution in [1.29, 1.82) is 0 Å². The lowest BCUT2D eigenvalue weighted by atomic mass is 9.97. The lowest BCUT2D eigenvalue weighted by Gasteiger charge is -2.35. The van der Waals surface area contributed by atoms with Gasteiger partial charge in [0, 0.05) is 17.2 Å². The molecule has 0 spiro atoms. The van der Waals surface area contributed by atoms with Crippen LogP contribution < -0.4 is 10.6 Å². The van der Waals surface area contributed by atoms with Gasteiger partial charge in [-0.1, -0.05) is 79.2 Å². The van der Waals surface area contributed by atoms with Crippen LogP contribution in [-0.4, -0.2) is 23.3 Å². The van der Waals surface area contributed by atoms with Crippen LogP contribution >= 0.6 is 7.29 Å². The number of benzene rings is 3. The first kappa shape index (κ1) is 22.8. The molecule has 5 heteroatoms. The Morgan fingerprint density at radius 3 is 1.85 bits per heavy atom. The molecule has 0 amide bonds. The number of ether oxygens (including phenoxy) is 1. The van der Waals surface area contributed by atoms with E-state index in [0.717, 1.165) is 41.9 Å². The Balaban J connectivity index is 1.57. The van der Waals surface area contributed by atoms with Crippen LogP contribution in [0.5, 0.6) is 0 Å². The molecule has 2 aliphatic rings. The molecule has 3 aromatic rings. The summed E-state index contributed by atoms with van der Waals surface area (Å²) in [5.74, 6) is -0.282. The number of carbonyl (C=O) groups is 1. The third-order valence-corrected chi connectivity index (χ3v) is 9.96. The highest BCUT2D eigenvalue weighted by Gasteiger charge is 2.45. The second-order valence-corrected chi connectivity index (χ2v) is 11.7. The smallest absolute Gasteiger partial charge is 0.335 e. The molecule has 1 aliphatic carbocycles. The molecule has 1 fully saturated rings. The van der Waals surface area contributed by atoms with Crippen LogP contribution in [0.2, 0.25) is 0 Å². The minimum atomic E-state index is -3.24. The summed E-state index contributed by atoms with van der Waals surface area (Å²) in [6, 6.07) is 28.7. The van der Waals surface area contributed by atoms with E-state index in [4.69, 9.17) is 4.74 Å². The average molecular weight is 472 g/mol. The van der Waals surface area contributed by atoms with E-state index in [9.17, 15) is 4.79 Å².